The Morgan fingerprint density at radius 3 is 2.65 bits per heavy atom. The first kappa shape index (κ1) is 15.4. The lowest BCUT2D eigenvalue weighted by Crippen LogP contribution is -2.54. The van der Waals surface area contributed by atoms with Crippen LogP contribution in [0, 0.1) is 0 Å². The van der Waals surface area contributed by atoms with Gasteiger partial charge in [-0.2, -0.15) is 11.3 Å². The van der Waals surface area contributed by atoms with Gasteiger partial charge in [0, 0.05) is 26.2 Å². The van der Waals surface area contributed by atoms with Gasteiger partial charge in [0.25, 0.3) is 0 Å². The van der Waals surface area contributed by atoms with Crippen molar-refractivity contribution in [3.05, 3.63) is 22.4 Å². The van der Waals surface area contributed by atoms with Crippen LogP contribution in [0.3, 0.4) is 0 Å². The number of amides is 1. The van der Waals surface area contributed by atoms with Crippen molar-refractivity contribution in [2.45, 2.75) is 25.8 Å². The summed E-state index contributed by atoms with van der Waals surface area (Å²) in [6.45, 7) is 5.33. The number of rotatable bonds is 5. The van der Waals surface area contributed by atoms with Gasteiger partial charge in [-0.1, -0.05) is 19.1 Å². The molecule has 2 heterocycles. The molecule has 0 saturated carbocycles. The van der Waals surface area contributed by atoms with E-state index in [0.29, 0.717) is 11.4 Å². The van der Waals surface area contributed by atoms with E-state index in [1.54, 1.807) is 11.3 Å². The summed E-state index contributed by atoms with van der Waals surface area (Å²) in [4.78, 5) is 17.0. The van der Waals surface area contributed by atoms with E-state index in [2.05, 4.69) is 11.8 Å². The van der Waals surface area contributed by atoms with Gasteiger partial charge >= 0.3 is 0 Å². The summed E-state index contributed by atoms with van der Waals surface area (Å²) < 4.78 is 0. The van der Waals surface area contributed by atoms with E-state index in [4.69, 9.17) is 18.0 Å². The maximum absolute atomic E-state index is 12.2. The topological polar surface area (TPSA) is 49.6 Å². The summed E-state index contributed by atoms with van der Waals surface area (Å²) in [5, 5.41) is 4.04. The van der Waals surface area contributed by atoms with E-state index >= 15 is 0 Å². The van der Waals surface area contributed by atoms with Crippen LogP contribution in [0.2, 0.25) is 0 Å². The van der Waals surface area contributed by atoms with Gasteiger partial charge in [-0.05, 0) is 28.8 Å². The molecule has 1 aliphatic rings. The van der Waals surface area contributed by atoms with E-state index in [1.807, 2.05) is 21.7 Å². The molecule has 1 fully saturated rings. The third-order valence-electron chi connectivity index (χ3n) is 3.76. The van der Waals surface area contributed by atoms with Crippen molar-refractivity contribution in [2.24, 2.45) is 5.73 Å². The van der Waals surface area contributed by atoms with E-state index in [1.165, 1.54) is 0 Å². The second-order valence-electron chi connectivity index (χ2n) is 5.05. The average Bonchev–Trinajstić information content (AvgIpc) is 2.92. The third-order valence-corrected chi connectivity index (χ3v) is 4.76. The van der Waals surface area contributed by atoms with Crippen LogP contribution < -0.4 is 5.73 Å². The number of piperazine rings is 1. The Bertz CT molecular complexity index is 453. The predicted octanol–water partition coefficient (Wildman–Crippen LogP) is 1.50. The minimum Gasteiger partial charge on any atom is -0.392 e. The lowest BCUT2D eigenvalue weighted by atomic mass is 10.1. The molecule has 0 bridgehead atoms. The van der Waals surface area contributed by atoms with Crippen LogP contribution in [-0.4, -0.2) is 52.9 Å². The smallest absolute Gasteiger partial charge is 0.227 e. The molecule has 2 rings (SSSR count). The molecule has 110 valence electrons. The van der Waals surface area contributed by atoms with Gasteiger partial charge in [-0.3, -0.25) is 9.69 Å². The first-order valence-electron chi connectivity index (χ1n) is 6.94. The zero-order valence-electron chi connectivity index (χ0n) is 11.7. The van der Waals surface area contributed by atoms with E-state index in [9.17, 15) is 4.79 Å². The molecule has 1 amide bonds. The van der Waals surface area contributed by atoms with E-state index in [-0.39, 0.29) is 11.9 Å². The lowest BCUT2D eigenvalue weighted by molar-refractivity contribution is -0.132. The van der Waals surface area contributed by atoms with Crippen LogP contribution in [0.15, 0.2) is 16.8 Å². The molecule has 2 N–H and O–H groups in total. The Morgan fingerprint density at radius 2 is 2.15 bits per heavy atom. The number of carbonyl (C=O) groups excluding carboxylic acids is 1. The highest BCUT2D eigenvalue weighted by atomic mass is 32.1. The molecule has 0 radical (unpaired) electrons. The summed E-state index contributed by atoms with van der Waals surface area (Å²) in [5.74, 6) is 0.214. The van der Waals surface area contributed by atoms with E-state index in [0.717, 1.165) is 38.2 Å². The molecular weight excluding hydrogens is 290 g/mol. The summed E-state index contributed by atoms with van der Waals surface area (Å²) in [5.41, 5.74) is 6.88. The number of thiocarbonyl (C=S) groups is 1. The Morgan fingerprint density at radius 1 is 1.45 bits per heavy atom. The van der Waals surface area contributed by atoms with Crippen LogP contribution in [-0.2, 0) is 11.2 Å². The van der Waals surface area contributed by atoms with Crippen LogP contribution in [0.5, 0.6) is 0 Å². The fraction of sp³-hybridized carbons (Fsp3) is 0.571. The number of nitrogens with two attached hydrogens (primary N) is 1. The van der Waals surface area contributed by atoms with Crippen molar-refractivity contribution in [3.63, 3.8) is 0 Å². The average molecular weight is 311 g/mol. The summed E-state index contributed by atoms with van der Waals surface area (Å²) >= 11 is 6.74. The molecule has 1 aliphatic heterocycles. The fourth-order valence-corrected chi connectivity index (χ4v) is 3.59. The van der Waals surface area contributed by atoms with Gasteiger partial charge < -0.3 is 10.6 Å². The fourth-order valence-electron chi connectivity index (χ4n) is 2.60. The largest absolute Gasteiger partial charge is 0.392 e. The number of hydrogen-bond donors (Lipinski definition) is 1. The van der Waals surface area contributed by atoms with Gasteiger partial charge in [0.1, 0.15) is 0 Å². The van der Waals surface area contributed by atoms with Crippen LogP contribution in [0.25, 0.3) is 0 Å². The maximum Gasteiger partial charge on any atom is 0.227 e. The molecule has 1 aromatic rings. The van der Waals surface area contributed by atoms with Gasteiger partial charge in [-0.15, -0.1) is 0 Å². The molecule has 1 saturated heterocycles. The van der Waals surface area contributed by atoms with Crippen molar-refractivity contribution in [3.8, 4) is 0 Å². The van der Waals surface area contributed by atoms with Crippen LogP contribution in [0.1, 0.15) is 18.9 Å². The van der Waals surface area contributed by atoms with Gasteiger partial charge in [0.2, 0.25) is 5.91 Å². The molecule has 1 unspecified atom stereocenters. The quantitative estimate of drug-likeness (QED) is 0.837. The number of nitrogens with zero attached hydrogens (tertiary/aromatic N) is 2. The second-order valence-corrected chi connectivity index (χ2v) is 6.30. The number of carbonyl (C=O) groups is 1. The normalized spacial score (nSPS) is 17.9. The maximum atomic E-state index is 12.2. The monoisotopic (exact) mass is 311 g/mol. The Balaban J connectivity index is 1.84. The first-order chi connectivity index (χ1) is 9.61. The van der Waals surface area contributed by atoms with Crippen molar-refractivity contribution < 1.29 is 4.79 Å². The summed E-state index contributed by atoms with van der Waals surface area (Å²) in [6.07, 6.45) is 1.44. The van der Waals surface area contributed by atoms with Crippen molar-refractivity contribution in [2.75, 3.05) is 26.2 Å². The number of hydrogen-bond acceptors (Lipinski definition) is 4. The minimum atomic E-state index is 0.166. The molecule has 0 aliphatic carbocycles. The molecule has 1 atom stereocenters. The predicted molar refractivity (Wildman–Crippen MR) is 87.0 cm³/mol. The molecule has 6 heteroatoms. The van der Waals surface area contributed by atoms with Gasteiger partial charge in [0.15, 0.2) is 0 Å². The van der Waals surface area contributed by atoms with Gasteiger partial charge in [-0.25, -0.2) is 0 Å². The van der Waals surface area contributed by atoms with Crippen molar-refractivity contribution in [1.82, 2.24) is 9.80 Å². The molecule has 1 aromatic heterocycles. The highest BCUT2D eigenvalue weighted by molar-refractivity contribution is 7.80. The van der Waals surface area contributed by atoms with Crippen molar-refractivity contribution in [1.29, 1.82) is 0 Å². The molecule has 4 nitrogen and oxygen atoms in total. The van der Waals surface area contributed by atoms with Crippen LogP contribution >= 0.6 is 23.6 Å². The SMILES string of the molecule is CCC(C(N)=S)N1CCN(C(=O)Cc2ccsc2)CC1. The lowest BCUT2D eigenvalue weighted by Gasteiger charge is -2.38. The Hall–Kier alpha value is -0.980. The molecule has 0 spiro atoms. The summed E-state index contributed by atoms with van der Waals surface area (Å²) in [6, 6.07) is 2.18. The molecule has 0 aromatic carbocycles. The zero-order valence-corrected chi connectivity index (χ0v) is 13.4. The summed E-state index contributed by atoms with van der Waals surface area (Å²) in [7, 11) is 0. The standard InChI is InChI=1S/C14H21N3OS2/c1-2-12(14(15)19)16-4-6-17(7-5-16)13(18)9-11-3-8-20-10-11/h3,8,10,12H,2,4-7,9H2,1H3,(H2,15,19). The molecule has 20 heavy (non-hydrogen) atoms. The minimum absolute atomic E-state index is 0.166. The highest BCUT2D eigenvalue weighted by Gasteiger charge is 2.26. The Kier molecular flexibility index (Phi) is 5.51. The second kappa shape index (κ2) is 7.15. The first-order valence-corrected chi connectivity index (χ1v) is 8.29. The zero-order chi connectivity index (χ0) is 14.5. The van der Waals surface area contributed by atoms with Crippen LogP contribution in [0.4, 0.5) is 0 Å². The number of thiophene rings is 1. The van der Waals surface area contributed by atoms with Crippen molar-refractivity contribution >= 4 is 34.5 Å². The molecular formula is C14H21N3OS2. The van der Waals surface area contributed by atoms with E-state index < -0.39 is 0 Å². The van der Waals surface area contributed by atoms with Gasteiger partial charge in [0.05, 0.1) is 17.5 Å². The highest BCUT2D eigenvalue weighted by Crippen LogP contribution is 2.13. The third kappa shape index (κ3) is 3.77. The Labute approximate surface area is 129 Å².